The second kappa shape index (κ2) is 17.3. The number of carboxylic acids is 1. The topological polar surface area (TPSA) is 119 Å². The zero-order valence-corrected chi connectivity index (χ0v) is 22.3. The Kier molecular flexibility index (Phi) is 14.1. The van der Waals surface area contributed by atoms with Gasteiger partial charge in [0, 0.05) is 49.0 Å². The van der Waals surface area contributed by atoms with E-state index < -0.39 is 11.9 Å². The highest BCUT2D eigenvalue weighted by molar-refractivity contribution is 5.90. The van der Waals surface area contributed by atoms with Crippen molar-refractivity contribution in [2.75, 3.05) is 19.7 Å². The average Bonchev–Trinajstić information content (AvgIpc) is 3.31. The second-order valence-corrected chi connectivity index (χ2v) is 9.17. The molecule has 0 radical (unpaired) electrons. The molecule has 210 valence electrons. The minimum atomic E-state index is -1.21. The highest BCUT2D eigenvalue weighted by Crippen LogP contribution is 2.32. The fraction of sp³-hybridized carbons (Fsp3) is 0.571. The molecule has 0 aliphatic carbocycles. The number of benzene rings is 1. The number of carbonyl (C=O) groups excluding carboxylic acids is 2. The van der Waals surface area contributed by atoms with Crippen LogP contribution >= 0.6 is 0 Å². The second-order valence-electron chi connectivity index (χ2n) is 9.17. The Balaban J connectivity index is 0.000000312. The van der Waals surface area contributed by atoms with Gasteiger partial charge in [-0.2, -0.15) is 0 Å². The van der Waals surface area contributed by atoms with Crippen LogP contribution in [0.3, 0.4) is 0 Å². The molecule has 2 aromatic rings. The molecule has 0 amide bonds. The average molecular weight is 535 g/mol. The SMILES string of the molecule is CCCCCCCCCC(=O)OCC.O=C(O)/C=C/C(=O)ON1CCC(c2noc3cc(F)ccc23)CC1. The molecular weight excluding hydrogens is 495 g/mol. The lowest BCUT2D eigenvalue weighted by Crippen LogP contribution is -2.34. The predicted octanol–water partition coefficient (Wildman–Crippen LogP) is 5.94. The fourth-order valence-corrected chi connectivity index (χ4v) is 4.20. The zero-order valence-electron chi connectivity index (χ0n) is 22.3. The summed E-state index contributed by atoms with van der Waals surface area (Å²) in [5.74, 6) is -2.22. The number of hydrogen-bond donors (Lipinski definition) is 1. The van der Waals surface area contributed by atoms with Crippen molar-refractivity contribution in [1.82, 2.24) is 10.2 Å². The molecule has 10 heteroatoms. The molecule has 38 heavy (non-hydrogen) atoms. The van der Waals surface area contributed by atoms with Crippen molar-refractivity contribution in [3.63, 3.8) is 0 Å². The quantitative estimate of drug-likeness (QED) is 0.189. The van der Waals surface area contributed by atoms with Crippen LogP contribution in [-0.4, -0.2) is 52.9 Å². The summed E-state index contributed by atoms with van der Waals surface area (Å²) in [7, 11) is 0. The third-order valence-corrected chi connectivity index (χ3v) is 6.17. The van der Waals surface area contributed by atoms with Gasteiger partial charge in [0.1, 0.15) is 5.82 Å². The van der Waals surface area contributed by atoms with Crippen molar-refractivity contribution >= 4 is 28.9 Å². The molecule has 3 rings (SSSR count). The minimum Gasteiger partial charge on any atom is -0.478 e. The first-order chi connectivity index (χ1) is 18.3. The van der Waals surface area contributed by atoms with Crippen LogP contribution in [0, 0.1) is 5.82 Å². The molecule has 2 heterocycles. The number of piperidine rings is 1. The molecule has 9 nitrogen and oxygen atoms in total. The lowest BCUT2D eigenvalue weighted by atomic mass is 9.92. The monoisotopic (exact) mass is 534 g/mol. The summed E-state index contributed by atoms with van der Waals surface area (Å²) in [5, 5.41) is 14.8. The molecule has 0 unspecified atom stereocenters. The highest BCUT2D eigenvalue weighted by Gasteiger charge is 2.26. The van der Waals surface area contributed by atoms with Gasteiger partial charge in [-0.05, 0) is 38.3 Å². The highest BCUT2D eigenvalue weighted by atomic mass is 19.1. The number of rotatable bonds is 13. The number of aliphatic carboxylic acids is 1. The molecule has 1 fully saturated rings. The van der Waals surface area contributed by atoms with Crippen molar-refractivity contribution in [2.45, 2.75) is 84.0 Å². The minimum absolute atomic E-state index is 0.0407. The molecule has 1 aromatic carbocycles. The van der Waals surface area contributed by atoms with Crippen LogP contribution in [0.15, 0.2) is 34.9 Å². The number of aromatic nitrogens is 1. The number of ether oxygens (including phenoxy) is 1. The van der Waals surface area contributed by atoms with E-state index in [9.17, 15) is 18.8 Å². The third-order valence-electron chi connectivity index (χ3n) is 6.17. The number of esters is 1. The van der Waals surface area contributed by atoms with Crippen LogP contribution < -0.4 is 0 Å². The number of fused-ring (bicyclic) bond motifs is 1. The first kappa shape index (κ1) is 31.0. The molecule has 0 bridgehead atoms. The molecule has 1 saturated heterocycles. The summed E-state index contributed by atoms with van der Waals surface area (Å²) in [6.07, 6.45) is 12.3. The van der Waals surface area contributed by atoms with Crippen molar-refractivity contribution in [2.24, 2.45) is 0 Å². The summed E-state index contributed by atoms with van der Waals surface area (Å²) in [5.41, 5.74) is 1.19. The summed E-state index contributed by atoms with van der Waals surface area (Å²) in [6.45, 7) is 5.57. The van der Waals surface area contributed by atoms with Gasteiger partial charge in [-0.15, -0.1) is 5.06 Å². The molecule has 0 spiro atoms. The molecule has 1 aromatic heterocycles. The summed E-state index contributed by atoms with van der Waals surface area (Å²) < 4.78 is 23.2. The lowest BCUT2D eigenvalue weighted by Gasteiger charge is -2.29. The van der Waals surface area contributed by atoms with Crippen LogP contribution in [-0.2, 0) is 24.0 Å². The lowest BCUT2D eigenvalue weighted by molar-refractivity contribution is -0.189. The van der Waals surface area contributed by atoms with Gasteiger partial charge >= 0.3 is 17.9 Å². The van der Waals surface area contributed by atoms with Gasteiger partial charge in [-0.3, -0.25) is 4.79 Å². The Morgan fingerprint density at radius 3 is 2.42 bits per heavy atom. The first-order valence-electron chi connectivity index (χ1n) is 13.4. The van der Waals surface area contributed by atoms with Gasteiger partial charge in [0.2, 0.25) is 0 Å². The molecule has 1 aliphatic rings. The first-order valence-corrected chi connectivity index (χ1v) is 13.4. The van der Waals surface area contributed by atoms with Crippen LogP contribution in [0.2, 0.25) is 0 Å². The molecular formula is C28H39FN2O7. The van der Waals surface area contributed by atoms with E-state index in [0.29, 0.717) is 44.5 Å². The predicted molar refractivity (Wildman–Crippen MR) is 140 cm³/mol. The maximum absolute atomic E-state index is 13.2. The van der Waals surface area contributed by atoms with Crippen molar-refractivity contribution < 1.29 is 38.0 Å². The van der Waals surface area contributed by atoms with E-state index in [0.717, 1.165) is 29.7 Å². The van der Waals surface area contributed by atoms with Gasteiger partial charge < -0.3 is 19.2 Å². The molecule has 0 atom stereocenters. The largest absolute Gasteiger partial charge is 0.478 e. The van der Waals surface area contributed by atoms with Crippen molar-refractivity contribution in [1.29, 1.82) is 0 Å². The Bertz CT molecular complexity index is 1040. The number of nitrogens with zero attached hydrogens (tertiary/aromatic N) is 2. The Morgan fingerprint density at radius 2 is 1.76 bits per heavy atom. The van der Waals surface area contributed by atoms with Crippen molar-refractivity contribution in [3.05, 3.63) is 41.9 Å². The van der Waals surface area contributed by atoms with E-state index in [1.807, 2.05) is 6.92 Å². The third kappa shape index (κ3) is 11.4. The number of carbonyl (C=O) groups is 3. The normalized spacial score (nSPS) is 14.3. The Morgan fingerprint density at radius 1 is 1.08 bits per heavy atom. The Labute approximate surface area is 222 Å². The molecule has 0 saturated carbocycles. The summed E-state index contributed by atoms with van der Waals surface area (Å²) in [6, 6.07) is 4.33. The van der Waals surface area contributed by atoms with Gasteiger partial charge in [0.15, 0.2) is 5.58 Å². The van der Waals surface area contributed by atoms with Gasteiger partial charge in [0.05, 0.1) is 12.3 Å². The van der Waals surface area contributed by atoms with E-state index >= 15 is 0 Å². The standard InChI is InChI=1S/C16H15FN2O5.C12H24O2/c17-11-1-2-12-13(9-11)23-18-16(12)10-5-7-19(8-6-10)24-15(22)4-3-14(20)21;1-3-5-6-7-8-9-10-11-12(13)14-4-2/h1-4,9-10H,5-8H2,(H,20,21);3-11H2,1-2H3/b4-3+;. The van der Waals surface area contributed by atoms with Gasteiger partial charge in [0.25, 0.3) is 0 Å². The summed E-state index contributed by atoms with van der Waals surface area (Å²) >= 11 is 0. The smallest absolute Gasteiger partial charge is 0.349 e. The van der Waals surface area contributed by atoms with Gasteiger partial charge in [-0.25, -0.2) is 14.0 Å². The number of hydrogen-bond acceptors (Lipinski definition) is 8. The van der Waals surface area contributed by atoms with E-state index in [4.69, 9.17) is 19.2 Å². The van der Waals surface area contributed by atoms with Crippen molar-refractivity contribution in [3.8, 4) is 0 Å². The number of halogens is 1. The van der Waals surface area contributed by atoms with E-state index in [-0.39, 0.29) is 17.7 Å². The van der Waals surface area contributed by atoms with Crippen LogP contribution in [0.4, 0.5) is 4.39 Å². The van der Waals surface area contributed by atoms with Crippen LogP contribution in [0.25, 0.3) is 11.0 Å². The summed E-state index contributed by atoms with van der Waals surface area (Å²) in [4.78, 5) is 37.8. The molecule has 1 N–H and O–H groups in total. The van der Waals surface area contributed by atoms with E-state index in [1.165, 1.54) is 55.7 Å². The van der Waals surface area contributed by atoms with Crippen LogP contribution in [0.5, 0.6) is 0 Å². The number of hydroxylamine groups is 2. The Hall–Kier alpha value is -3.27. The number of carboxylic acid groups (broad SMARTS) is 1. The van der Waals surface area contributed by atoms with Gasteiger partial charge in [-0.1, -0.05) is 50.6 Å². The molecule has 1 aliphatic heterocycles. The van der Waals surface area contributed by atoms with E-state index in [1.54, 1.807) is 6.07 Å². The zero-order chi connectivity index (χ0) is 27.8. The fourth-order valence-electron chi connectivity index (χ4n) is 4.20. The maximum atomic E-state index is 13.2. The maximum Gasteiger partial charge on any atom is 0.349 e. The number of unbranched alkanes of at least 4 members (excludes halogenated alkanes) is 6. The van der Waals surface area contributed by atoms with E-state index in [2.05, 4.69) is 12.1 Å². The van der Waals surface area contributed by atoms with Crippen LogP contribution in [0.1, 0.15) is 89.7 Å².